The Hall–Kier alpha value is -2.17. The van der Waals surface area contributed by atoms with Crippen LogP contribution in [0.5, 0.6) is 0 Å². The van der Waals surface area contributed by atoms with Crippen LogP contribution in [0.25, 0.3) is 0 Å². The molecule has 5 heteroatoms. The van der Waals surface area contributed by atoms with E-state index in [-0.39, 0.29) is 28.6 Å². The standard InChI is InChI=1S/C25H32N2O3/c1-17-3-5-20(6-4-17)24-12-18-11-19(13-24)15-25(14-18,16-24)23(30)26-9-2-10-27-21(28)7-8-22(27)29/h3-6,18-19H,2,7-16H2,1H3,(H,26,30). The lowest BCUT2D eigenvalue weighted by atomic mass is 9.42. The van der Waals surface area contributed by atoms with E-state index in [0.717, 1.165) is 19.3 Å². The zero-order valence-corrected chi connectivity index (χ0v) is 17.9. The number of nitrogens with one attached hydrogen (secondary N) is 1. The smallest absolute Gasteiger partial charge is 0.229 e. The van der Waals surface area contributed by atoms with Crippen LogP contribution in [0.4, 0.5) is 0 Å². The predicted molar refractivity (Wildman–Crippen MR) is 114 cm³/mol. The molecule has 160 valence electrons. The summed E-state index contributed by atoms with van der Waals surface area (Å²) in [7, 11) is 0. The Morgan fingerprint density at radius 2 is 1.67 bits per heavy atom. The van der Waals surface area contributed by atoms with Crippen molar-refractivity contribution in [2.45, 2.75) is 70.1 Å². The van der Waals surface area contributed by atoms with E-state index in [1.54, 1.807) is 0 Å². The van der Waals surface area contributed by atoms with E-state index in [1.807, 2.05) is 0 Å². The van der Waals surface area contributed by atoms with E-state index in [2.05, 4.69) is 36.5 Å². The van der Waals surface area contributed by atoms with Gasteiger partial charge in [-0.05, 0) is 74.7 Å². The normalized spacial score (nSPS) is 34.6. The quantitative estimate of drug-likeness (QED) is 0.579. The molecular formula is C25H32N2O3. The molecule has 4 bridgehead atoms. The molecule has 2 unspecified atom stereocenters. The lowest BCUT2D eigenvalue weighted by Gasteiger charge is -2.61. The molecule has 1 heterocycles. The van der Waals surface area contributed by atoms with Gasteiger partial charge in [0.05, 0.1) is 5.41 Å². The van der Waals surface area contributed by atoms with E-state index in [1.165, 1.54) is 35.3 Å². The highest BCUT2D eigenvalue weighted by atomic mass is 16.2. The second-order valence-corrected chi connectivity index (χ2v) is 10.4. The minimum atomic E-state index is -0.242. The number of hydrogen-bond acceptors (Lipinski definition) is 3. The number of carbonyl (C=O) groups is 3. The molecule has 1 aromatic rings. The maximum Gasteiger partial charge on any atom is 0.229 e. The Bertz CT molecular complexity index is 845. The van der Waals surface area contributed by atoms with Gasteiger partial charge in [0.25, 0.3) is 0 Å². The SMILES string of the molecule is Cc1ccc(C23CC4CC(CC(C(=O)NCCCN5C(=O)CCC5=O)(C4)C2)C3)cc1. The van der Waals surface area contributed by atoms with Gasteiger partial charge in [-0.25, -0.2) is 0 Å². The number of nitrogens with zero attached hydrogens (tertiary/aromatic N) is 1. The molecule has 4 saturated carbocycles. The average Bonchev–Trinajstić information content (AvgIpc) is 3.02. The summed E-state index contributed by atoms with van der Waals surface area (Å²) in [5, 5.41) is 3.18. The van der Waals surface area contributed by atoms with Crippen LogP contribution in [0.15, 0.2) is 24.3 Å². The van der Waals surface area contributed by atoms with Gasteiger partial charge in [0.1, 0.15) is 0 Å². The first-order chi connectivity index (χ1) is 14.4. The first-order valence-corrected chi connectivity index (χ1v) is 11.6. The molecule has 6 rings (SSSR count). The second-order valence-electron chi connectivity index (χ2n) is 10.4. The van der Waals surface area contributed by atoms with Gasteiger partial charge in [0, 0.05) is 25.9 Å². The van der Waals surface area contributed by atoms with Gasteiger partial charge < -0.3 is 5.32 Å². The van der Waals surface area contributed by atoms with Gasteiger partial charge in [-0.2, -0.15) is 0 Å². The van der Waals surface area contributed by atoms with Crippen molar-refractivity contribution in [2.75, 3.05) is 13.1 Å². The molecular weight excluding hydrogens is 376 g/mol. The van der Waals surface area contributed by atoms with Crippen molar-refractivity contribution in [1.82, 2.24) is 10.2 Å². The number of imide groups is 1. The molecule has 3 amide bonds. The number of likely N-dealkylation sites (tertiary alicyclic amines) is 1. The highest BCUT2D eigenvalue weighted by Gasteiger charge is 2.60. The molecule has 0 spiro atoms. The van der Waals surface area contributed by atoms with Crippen LogP contribution in [0, 0.1) is 24.2 Å². The van der Waals surface area contributed by atoms with E-state index >= 15 is 0 Å². The molecule has 0 radical (unpaired) electrons. The summed E-state index contributed by atoms with van der Waals surface area (Å²) in [6.45, 7) is 3.08. The van der Waals surface area contributed by atoms with Crippen LogP contribution in [0.2, 0.25) is 0 Å². The van der Waals surface area contributed by atoms with E-state index in [9.17, 15) is 14.4 Å². The Balaban J connectivity index is 1.26. The average molecular weight is 409 g/mol. The summed E-state index contributed by atoms with van der Waals surface area (Å²) in [4.78, 5) is 38.2. The van der Waals surface area contributed by atoms with Gasteiger partial charge in [0.2, 0.25) is 17.7 Å². The van der Waals surface area contributed by atoms with E-state index < -0.39 is 0 Å². The van der Waals surface area contributed by atoms with Gasteiger partial charge in [-0.1, -0.05) is 29.8 Å². The molecule has 5 nitrogen and oxygen atoms in total. The summed E-state index contributed by atoms with van der Waals surface area (Å²) in [5.41, 5.74) is 2.62. The van der Waals surface area contributed by atoms with Crippen LogP contribution < -0.4 is 5.32 Å². The summed E-state index contributed by atoms with van der Waals surface area (Å²) >= 11 is 0. The lowest BCUT2D eigenvalue weighted by molar-refractivity contribution is -0.149. The third kappa shape index (κ3) is 3.27. The topological polar surface area (TPSA) is 66.5 Å². The number of amides is 3. The van der Waals surface area contributed by atoms with Gasteiger partial charge in [-0.3, -0.25) is 19.3 Å². The molecule has 5 fully saturated rings. The van der Waals surface area contributed by atoms with Crippen LogP contribution in [-0.4, -0.2) is 35.7 Å². The fourth-order valence-electron chi connectivity index (χ4n) is 7.27. The molecule has 0 aromatic heterocycles. The largest absolute Gasteiger partial charge is 0.356 e. The number of aryl methyl sites for hydroxylation is 1. The molecule has 1 N–H and O–H groups in total. The molecule has 2 atom stereocenters. The van der Waals surface area contributed by atoms with Crippen LogP contribution in [0.3, 0.4) is 0 Å². The van der Waals surface area contributed by atoms with Crippen molar-refractivity contribution in [3.8, 4) is 0 Å². The molecule has 1 saturated heterocycles. The van der Waals surface area contributed by atoms with Crippen LogP contribution >= 0.6 is 0 Å². The lowest BCUT2D eigenvalue weighted by Crippen LogP contribution is -2.59. The van der Waals surface area contributed by atoms with Crippen molar-refractivity contribution >= 4 is 17.7 Å². The predicted octanol–water partition coefficient (Wildman–Crippen LogP) is 3.49. The Labute approximate surface area is 178 Å². The highest BCUT2D eigenvalue weighted by molar-refractivity contribution is 6.01. The first-order valence-electron chi connectivity index (χ1n) is 11.6. The van der Waals surface area contributed by atoms with Crippen molar-refractivity contribution in [3.05, 3.63) is 35.4 Å². The van der Waals surface area contributed by atoms with E-state index in [4.69, 9.17) is 0 Å². The molecule has 1 aromatic carbocycles. The third-order valence-electron chi connectivity index (χ3n) is 8.21. The number of hydrogen-bond donors (Lipinski definition) is 1. The van der Waals surface area contributed by atoms with E-state index in [0.29, 0.717) is 44.2 Å². The van der Waals surface area contributed by atoms with Gasteiger partial charge >= 0.3 is 0 Å². The molecule has 4 aliphatic carbocycles. The fraction of sp³-hybridized carbons (Fsp3) is 0.640. The van der Waals surface area contributed by atoms with Gasteiger partial charge in [-0.15, -0.1) is 0 Å². The van der Waals surface area contributed by atoms with Crippen LogP contribution in [0.1, 0.15) is 68.9 Å². The highest BCUT2D eigenvalue weighted by Crippen LogP contribution is 2.65. The summed E-state index contributed by atoms with van der Waals surface area (Å²) in [6, 6.07) is 9.00. The minimum absolute atomic E-state index is 0.0764. The van der Waals surface area contributed by atoms with Gasteiger partial charge in [0.15, 0.2) is 0 Å². The van der Waals surface area contributed by atoms with Crippen molar-refractivity contribution < 1.29 is 14.4 Å². The first kappa shape index (κ1) is 19.8. The Kier molecular flexibility index (Phi) is 4.75. The Morgan fingerprint density at radius 1 is 1.03 bits per heavy atom. The van der Waals surface area contributed by atoms with Crippen molar-refractivity contribution in [2.24, 2.45) is 17.3 Å². The second kappa shape index (κ2) is 7.21. The summed E-state index contributed by atoms with van der Waals surface area (Å²) < 4.78 is 0. The van der Waals surface area contributed by atoms with Crippen molar-refractivity contribution in [1.29, 1.82) is 0 Å². The summed E-state index contributed by atoms with van der Waals surface area (Å²) in [5.74, 6) is 1.35. The fourth-order valence-corrected chi connectivity index (χ4v) is 7.27. The van der Waals surface area contributed by atoms with Crippen LogP contribution in [-0.2, 0) is 19.8 Å². The zero-order chi connectivity index (χ0) is 20.9. The van der Waals surface area contributed by atoms with Crippen molar-refractivity contribution in [3.63, 3.8) is 0 Å². The molecule has 1 aliphatic heterocycles. The number of rotatable bonds is 6. The maximum absolute atomic E-state index is 13.4. The summed E-state index contributed by atoms with van der Waals surface area (Å²) in [6.07, 6.45) is 8.03. The Morgan fingerprint density at radius 3 is 2.30 bits per heavy atom. The minimum Gasteiger partial charge on any atom is -0.356 e. The number of benzene rings is 1. The number of carbonyl (C=O) groups excluding carboxylic acids is 3. The zero-order valence-electron chi connectivity index (χ0n) is 17.9. The molecule has 30 heavy (non-hydrogen) atoms. The molecule has 5 aliphatic rings. The third-order valence-corrected chi connectivity index (χ3v) is 8.21. The monoisotopic (exact) mass is 408 g/mol. The maximum atomic E-state index is 13.4.